The third-order valence-electron chi connectivity index (χ3n) is 3.64. The lowest BCUT2D eigenvalue weighted by atomic mass is 10.1. The van der Waals surface area contributed by atoms with E-state index in [-0.39, 0.29) is 5.28 Å². The van der Waals surface area contributed by atoms with E-state index >= 15 is 0 Å². The van der Waals surface area contributed by atoms with Gasteiger partial charge in [-0.3, -0.25) is 4.39 Å². The summed E-state index contributed by atoms with van der Waals surface area (Å²) >= 11 is 12.4. The van der Waals surface area contributed by atoms with Crippen LogP contribution in [-0.2, 0) is 13.0 Å². The van der Waals surface area contributed by atoms with Gasteiger partial charge in [-0.15, -0.1) is 5.10 Å². The molecule has 3 heterocycles. The van der Waals surface area contributed by atoms with Gasteiger partial charge in [0.15, 0.2) is 5.82 Å². The molecule has 1 N–H and O–H groups in total. The number of hydrogen-bond donors (Lipinski definition) is 1. The van der Waals surface area contributed by atoms with Crippen LogP contribution in [0.4, 0.5) is 10.2 Å². The van der Waals surface area contributed by atoms with Gasteiger partial charge in [0.1, 0.15) is 16.4 Å². The number of furan rings is 1. The minimum atomic E-state index is -0.391. The lowest BCUT2D eigenvalue weighted by molar-refractivity contribution is 0.473. The fourth-order valence-corrected chi connectivity index (χ4v) is 3.06. The van der Waals surface area contributed by atoms with E-state index in [1.165, 1.54) is 0 Å². The Balaban J connectivity index is 2.02. The first-order chi connectivity index (χ1) is 11.1. The summed E-state index contributed by atoms with van der Waals surface area (Å²) in [5.41, 5.74) is 2.52. The van der Waals surface area contributed by atoms with E-state index in [1.807, 2.05) is 19.1 Å². The van der Waals surface area contributed by atoms with E-state index in [2.05, 4.69) is 15.4 Å². The largest absolute Gasteiger partial charge is 0.467 e. The lowest BCUT2D eigenvalue weighted by Gasteiger charge is -2.07. The second-order valence-electron chi connectivity index (χ2n) is 5.11. The first kappa shape index (κ1) is 16.1. The van der Waals surface area contributed by atoms with Gasteiger partial charge in [-0.25, -0.2) is 4.52 Å². The third kappa shape index (κ3) is 3.14. The van der Waals surface area contributed by atoms with Crippen molar-refractivity contribution in [3.8, 4) is 0 Å². The van der Waals surface area contributed by atoms with Gasteiger partial charge in [-0.1, -0.05) is 11.6 Å². The molecule has 8 heteroatoms. The van der Waals surface area contributed by atoms with Crippen molar-refractivity contribution in [3.05, 3.63) is 45.7 Å². The van der Waals surface area contributed by atoms with Crippen LogP contribution >= 0.6 is 23.2 Å². The Labute approximate surface area is 142 Å². The molecule has 0 aromatic carbocycles. The first-order valence-corrected chi connectivity index (χ1v) is 7.93. The van der Waals surface area contributed by atoms with Crippen LogP contribution in [0.1, 0.15) is 23.3 Å². The number of anilines is 1. The molecule has 23 heavy (non-hydrogen) atoms. The molecule has 0 saturated carbocycles. The van der Waals surface area contributed by atoms with Gasteiger partial charge in [0.2, 0.25) is 5.28 Å². The van der Waals surface area contributed by atoms with Crippen molar-refractivity contribution in [2.45, 2.75) is 26.3 Å². The normalized spacial score (nSPS) is 11.3. The van der Waals surface area contributed by atoms with E-state index in [9.17, 15) is 4.39 Å². The third-order valence-corrected chi connectivity index (χ3v) is 4.18. The molecule has 3 aromatic rings. The van der Waals surface area contributed by atoms with Crippen LogP contribution in [0.15, 0.2) is 22.8 Å². The van der Waals surface area contributed by atoms with Crippen molar-refractivity contribution in [1.82, 2.24) is 14.6 Å². The zero-order valence-corrected chi connectivity index (χ0v) is 14.0. The van der Waals surface area contributed by atoms with E-state index in [1.54, 1.807) is 10.8 Å². The van der Waals surface area contributed by atoms with Crippen molar-refractivity contribution >= 4 is 34.5 Å². The average Bonchev–Trinajstić information content (AvgIpc) is 3.12. The molecule has 5 nitrogen and oxygen atoms in total. The Kier molecular flexibility index (Phi) is 4.73. The summed E-state index contributed by atoms with van der Waals surface area (Å²) in [5, 5.41) is 7.86. The molecular formula is C15H15Cl2FN4O. The minimum Gasteiger partial charge on any atom is -0.467 e. The molecule has 0 bridgehead atoms. The van der Waals surface area contributed by atoms with Gasteiger partial charge in [0.05, 0.1) is 19.5 Å². The quantitative estimate of drug-likeness (QED) is 0.708. The van der Waals surface area contributed by atoms with Crippen LogP contribution in [0.25, 0.3) is 5.52 Å². The maximum absolute atomic E-state index is 12.5. The second-order valence-corrected chi connectivity index (χ2v) is 5.81. The maximum Gasteiger partial charge on any atom is 0.243 e. The standard InChI is InChI=1S/C15H15Cl2FN4O/c1-9-11(5-2-6-18)13(16)22-12(9)14(20-15(17)21-22)19-8-10-4-3-7-23-10/h3-4,7H,2,5-6,8H2,1H3,(H,19,20,21). The van der Waals surface area contributed by atoms with Gasteiger partial charge < -0.3 is 9.73 Å². The van der Waals surface area contributed by atoms with E-state index in [0.717, 1.165) is 22.4 Å². The summed E-state index contributed by atoms with van der Waals surface area (Å²) in [4.78, 5) is 4.24. The second kappa shape index (κ2) is 6.76. The molecule has 0 atom stereocenters. The predicted molar refractivity (Wildman–Crippen MR) is 88.1 cm³/mol. The summed E-state index contributed by atoms with van der Waals surface area (Å²) in [6.07, 6.45) is 2.56. The number of aromatic nitrogens is 3. The van der Waals surface area contributed by atoms with Crippen molar-refractivity contribution < 1.29 is 8.81 Å². The number of nitrogens with one attached hydrogen (secondary N) is 1. The molecule has 0 fully saturated rings. The number of halogens is 3. The van der Waals surface area contributed by atoms with Gasteiger partial charge in [0.25, 0.3) is 0 Å². The Hall–Kier alpha value is -1.79. The Bertz CT molecular complexity index is 817. The smallest absolute Gasteiger partial charge is 0.243 e. The maximum atomic E-state index is 12.5. The Morgan fingerprint density at radius 2 is 2.22 bits per heavy atom. The summed E-state index contributed by atoms with van der Waals surface area (Å²) in [5.74, 6) is 1.33. The summed E-state index contributed by atoms with van der Waals surface area (Å²) in [7, 11) is 0. The molecule has 0 saturated heterocycles. The van der Waals surface area contributed by atoms with Crippen LogP contribution in [0.5, 0.6) is 0 Å². The average molecular weight is 357 g/mol. The van der Waals surface area contributed by atoms with Crippen LogP contribution in [-0.4, -0.2) is 21.3 Å². The van der Waals surface area contributed by atoms with Crippen LogP contribution in [0, 0.1) is 6.92 Å². The number of fused-ring (bicyclic) bond motifs is 1. The highest BCUT2D eigenvalue weighted by atomic mass is 35.5. The van der Waals surface area contributed by atoms with Gasteiger partial charge in [-0.05, 0) is 54.6 Å². The summed E-state index contributed by atoms with van der Waals surface area (Å²) in [6, 6.07) is 3.67. The molecule has 0 aliphatic heterocycles. The SMILES string of the molecule is Cc1c(CCCF)c(Cl)n2nc(Cl)nc(NCc3ccco3)c12. The lowest BCUT2D eigenvalue weighted by Crippen LogP contribution is -2.05. The van der Waals surface area contributed by atoms with Gasteiger partial charge in [0, 0.05) is 0 Å². The zero-order chi connectivity index (χ0) is 16.4. The minimum absolute atomic E-state index is 0.0772. The fraction of sp³-hybridized carbons (Fsp3) is 0.333. The Morgan fingerprint density at radius 3 is 2.91 bits per heavy atom. The number of hydrogen-bond acceptors (Lipinski definition) is 4. The van der Waals surface area contributed by atoms with Crippen molar-refractivity contribution in [1.29, 1.82) is 0 Å². The molecule has 0 aliphatic rings. The van der Waals surface area contributed by atoms with Crippen LogP contribution in [0.2, 0.25) is 10.4 Å². The predicted octanol–water partition coefficient (Wildman–Crippen LogP) is 4.45. The van der Waals surface area contributed by atoms with Crippen LogP contribution < -0.4 is 5.32 Å². The number of aryl methyl sites for hydroxylation is 1. The van der Waals surface area contributed by atoms with Crippen molar-refractivity contribution in [2.24, 2.45) is 0 Å². The highest BCUT2D eigenvalue weighted by Crippen LogP contribution is 2.32. The topological polar surface area (TPSA) is 55.4 Å². The molecule has 0 aliphatic carbocycles. The summed E-state index contributed by atoms with van der Waals surface area (Å²) < 4.78 is 19.3. The molecule has 3 aromatic heterocycles. The van der Waals surface area contributed by atoms with Crippen LogP contribution in [0.3, 0.4) is 0 Å². The van der Waals surface area contributed by atoms with E-state index in [4.69, 9.17) is 27.6 Å². The first-order valence-electron chi connectivity index (χ1n) is 7.17. The van der Waals surface area contributed by atoms with Crippen molar-refractivity contribution in [2.75, 3.05) is 12.0 Å². The number of alkyl halides is 1. The summed E-state index contributed by atoms with van der Waals surface area (Å²) in [6.45, 7) is 1.99. The molecule has 0 spiro atoms. The van der Waals surface area contributed by atoms with E-state index in [0.29, 0.717) is 30.4 Å². The van der Waals surface area contributed by atoms with Crippen molar-refractivity contribution in [3.63, 3.8) is 0 Å². The van der Waals surface area contributed by atoms with Gasteiger partial charge >= 0.3 is 0 Å². The van der Waals surface area contributed by atoms with Gasteiger partial charge in [-0.2, -0.15) is 4.98 Å². The zero-order valence-electron chi connectivity index (χ0n) is 12.4. The molecule has 0 unspecified atom stereocenters. The number of nitrogens with zero attached hydrogens (tertiary/aromatic N) is 3. The molecular weight excluding hydrogens is 342 g/mol. The highest BCUT2D eigenvalue weighted by Gasteiger charge is 2.19. The molecule has 0 amide bonds. The monoisotopic (exact) mass is 356 g/mol. The highest BCUT2D eigenvalue weighted by molar-refractivity contribution is 6.31. The molecule has 0 radical (unpaired) electrons. The molecule has 3 rings (SSSR count). The fourth-order valence-electron chi connectivity index (χ4n) is 2.55. The van der Waals surface area contributed by atoms with E-state index < -0.39 is 6.67 Å². The molecule has 122 valence electrons. The number of rotatable bonds is 6. The Morgan fingerprint density at radius 1 is 1.39 bits per heavy atom.